The molecular formula is C11H16N2OS. The van der Waals surface area contributed by atoms with E-state index in [0.29, 0.717) is 12.0 Å². The van der Waals surface area contributed by atoms with Crippen molar-refractivity contribution in [2.75, 3.05) is 19.8 Å². The number of thiazole rings is 1. The molecule has 0 saturated carbocycles. The van der Waals surface area contributed by atoms with Gasteiger partial charge in [0, 0.05) is 17.9 Å². The van der Waals surface area contributed by atoms with Crippen molar-refractivity contribution in [1.82, 2.24) is 10.3 Å². The average molecular weight is 224 g/mol. The van der Waals surface area contributed by atoms with Crippen LogP contribution in [0.15, 0.2) is 5.38 Å². The van der Waals surface area contributed by atoms with Gasteiger partial charge in [-0.2, -0.15) is 0 Å². The Labute approximate surface area is 93.9 Å². The van der Waals surface area contributed by atoms with Crippen LogP contribution in [0, 0.1) is 0 Å². The van der Waals surface area contributed by atoms with Crippen molar-refractivity contribution >= 4 is 11.3 Å². The van der Waals surface area contributed by atoms with Gasteiger partial charge in [0.15, 0.2) is 0 Å². The topological polar surface area (TPSA) is 34.1 Å². The van der Waals surface area contributed by atoms with E-state index >= 15 is 0 Å². The first kappa shape index (κ1) is 9.75. The average Bonchev–Trinajstić information content (AvgIpc) is 3.02. The zero-order chi connectivity index (χ0) is 10.1. The Morgan fingerprint density at radius 1 is 1.47 bits per heavy atom. The lowest BCUT2D eigenvalue weighted by Crippen LogP contribution is -2.13. The number of aromatic nitrogens is 1. The highest BCUT2D eigenvalue weighted by Gasteiger charge is 2.24. The molecule has 2 fully saturated rings. The van der Waals surface area contributed by atoms with Gasteiger partial charge in [0.25, 0.3) is 0 Å². The van der Waals surface area contributed by atoms with Crippen LogP contribution in [-0.2, 0) is 4.74 Å². The Morgan fingerprint density at radius 3 is 3.20 bits per heavy atom. The van der Waals surface area contributed by atoms with E-state index in [1.807, 2.05) is 0 Å². The Balaban J connectivity index is 1.74. The summed E-state index contributed by atoms with van der Waals surface area (Å²) in [7, 11) is 0. The van der Waals surface area contributed by atoms with Gasteiger partial charge < -0.3 is 10.1 Å². The van der Waals surface area contributed by atoms with E-state index in [-0.39, 0.29) is 0 Å². The molecule has 0 spiro atoms. The van der Waals surface area contributed by atoms with Crippen LogP contribution in [0.4, 0.5) is 0 Å². The molecule has 1 aromatic heterocycles. The largest absolute Gasteiger partial charge is 0.381 e. The maximum atomic E-state index is 5.40. The fourth-order valence-electron chi connectivity index (χ4n) is 2.31. The predicted octanol–water partition coefficient (Wildman–Crippen LogP) is 2.07. The fourth-order valence-corrected chi connectivity index (χ4v) is 3.31. The van der Waals surface area contributed by atoms with Gasteiger partial charge in [-0.25, -0.2) is 4.98 Å². The second-order valence-corrected chi connectivity index (χ2v) is 5.21. The number of nitrogens with zero attached hydrogens (tertiary/aromatic N) is 1. The molecule has 2 aliphatic rings. The van der Waals surface area contributed by atoms with Gasteiger partial charge in [0.2, 0.25) is 0 Å². The molecule has 15 heavy (non-hydrogen) atoms. The first-order valence-corrected chi connectivity index (χ1v) is 6.58. The number of nitrogens with one attached hydrogen (secondary N) is 1. The minimum atomic E-state index is 0.511. The predicted molar refractivity (Wildman–Crippen MR) is 60.3 cm³/mol. The Hall–Kier alpha value is -0.450. The monoisotopic (exact) mass is 224 g/mol. The van der Waals surface area contributed by atoms with Gasteiger partial charge in [-0.15, -0.1) is 11.3 Å². The third kappa shape index (κ3) is 1.94. The summed E-state index contributed by atoms with van der Waals surface area (Å²) < 4.78 is 5.40. The second kappa shape index (κ2) is 4.20. The summed E-state index contributed by atoms with van der Waals surface area (Å²) in [5, 5.41) is 6.98. The highest BCUT2D eigenvalue weighted by atomic mass is 32.1. The smallest absolute Gasteiger partial charge is 0.0983 e. The summed E-state index contributed by atoms with van der Waals surface area (Å²) in [4.78, 5) is 4.75. The highest BCUT2D eigenvalue weighted by Crippen LogP contribution is 2.31. The van der Waals surface area contributed by atoms with E-state index in [1.165, 1.54) is 23.5 Å². The van der Waals surface area contributed by atoms with Crippen molar-refractivity contribution in [3.8, 4) is 0 Å². The summed E-state index contributed by atoms with van der Waals surface area (Å²) in [6.45, 7) is 2.91. The molecule has 3 nitrogen and oxygen atoms in total. The lowest BCUT2D eigenvalue weighted by molar-refractivity contribution is 0.194. The van der Waals surface area contributed by atoms with E-state index in [9.17, 15) is 0 Å². The van der Waals surface area contributed by atoms with Crippen molar-refractivity contribution in [2.45, 2.75) is 31.2 Å². The van der Waals surface area contributed by atoms with Gasteiger partial charge in [-0.1, -0.05) is 0 Å². The van der Waals surface area contributed by atoms with Gasteiger partial charge >= 0.3 is 0 Å². The van der Waals surface area contributed by atoms with E-state index in [0.717, 1.165) is 26.2 Å². The zero-order valence-electron chi connectivity index (χ0n) is 8.74. The Kier molecular flexibility index (Phi) is 2.73. The van der Waals surface area contributed by atoms with Crippen molar-refractivity contribution in [2.24, 2.45) is 0 Å². The van der Waals surface area contributed by atoms with Gasteiger partial charge in [-0.3, -0.25) is 0 Å². The molecular weight excluding hydrogens is 208 g/mol. The van der Waals surface area contributed by atoms with Gasteiger partial charge in [0.05, 0.1) is 23.4 Å². The van der Waals surface area contributed by atoms with Crippen LogP contribution in [0.3, 0.4) is 0 Å². The second-order valence-electron chi connectivity index (χ2n) is 4.32. The fraction of sp³-hybridized carbons (Fsp3) is 0.727. The summed E-state index contributed by atoms with van der Waals surface area (Å²) in [5.41, 5.74) is 1.25. The van der Waals surface area contributed by atoms with Gasteiger partial charge in [0.1, 0.15) is 0 Å². The molecule has 1 aromatic rings. The molecule has 2 unspecified atom stereocenters. The van der Waals surface area contributed by atoms with E-state index < -0.39 is 0 Å². The van der Waals surface area contributed by atoms with E-state index in [2.05, 4.69) is 10.7 Å². The Morgan fingerprint density at radius 2 is 2.47 bits per heavy atom. The summed E-state index contributed by atoms with van der Waals surface area (Å²) in [6.07, 6.45) is 3.67. The van der Waals surface area contributed by atoms with Crippen molar-refractivity contribution < 1.29 is 4.74 Å². The van der Waals surface area contributed by atoms with Crippen molar-refractivity contribution in [3.63, 3.8) is 0 Å². The number of hydrogen-bond donors (Lipinski definition) is 1. The molecule has 2 aliphatic heterocycles. The van der Waals surface area contributed by atoms with Crippen LogP contribution in [0.25, 0.3) is 0 Å². The molecule has 3 rings (SSSR count). The first-order valence-electron chi connectivity index (χ1n) is 5.70. The standard InChI is InChI=1S/C11H16N2OS/c1-2-9(12-4-1)10-7-15-11(13-10)8-3-5-14-6-8/h7-9,12H,1-6H2. The number of hydrogen-bond acceptors (Lipinski definition) is 4. The van der Waals surface area contributed by atoms with Crippen molar-refractivity contribution in [1.29, 1.82) is 0 Å². The van der Waals surface area contributed by atoms with Crippen LogP contribution >= 0.6 is 11.3 Å². The minimum Gasteiger partial charge on any atom is -0.381 e. The number of rotatable bonds is 2. The minimum absolute atomic E-state index is 0.511. The van der Waals surface area contributed by atoms with Crippen LogP contribution in [-0.4, -0.2) is 24.7 Å². The molecule has 0 amide bonds. The Bertz CT molecular complexity index is 297. The molecule has 2 saturated heterocycles. The molecule has 82 valence electrons. The molecule has 0 aromatic carbocycles. The van der Waals surface area contributed by atoms with Crippen molar-refractivity contribution in [3.05, 3.63) is 16.1 Å². The van der Waals surface area contributed by atoms with Crippen LogP contribution in [0.2, 0.25) is 0 Å². The summed E-state index contributed by atoms with van der Waals surface area (Å²) in [6, 6.07) is 0.511. The van der Waals surface area contributed by atoms with E-state index in [4.69, 9.17) is 9.72 Å². The first-order chi connectivity index (χ1) is 7.43. The normalized spacial score (nSPS) is 31.2. The molecule has 0 aliphatic carbocycles. The molecule has 0 bridgehead atoms. The molecule has 4 heteroatoms. The SMILES string of the molecule is c1sc(C2CCOC2)nc1C1CCCN1. The quantitative estimate of drug-likeness (QED) is 0.835. The molecule has 1 N–H and O–H groups in total. The lowest BCUT2D eigenvalue weighted by atomic mass is 10.1. The number of ether oxygens (including phenoxy) is 1. The van der Waals surface area contributed by atoms with Crippen LogP contribution in [0.5, 0.6) is 0 Å². The lowest BCUT2D eigenvalue weighted by Gasteiger charge is -2.06. The van der Waals surface area contributed by atoms with E-state index in [1.54, 1.807) is 11.3 Å². The molecule has 0 radical (unpaired) electrons. The molecule has 3 heterocycles. The van der Waals surface area contributed by atoms with Gasteiger partial charge in [-0.05, 0) is 25.8 Å². The zero-order valence-corrected chi connectivity index (χ0v) is 9.55. The summed E-state index contributed by atoms with van der Waals surface area (Å²) >= 11 is 1.80. The van der Waals surface area contributed by atoms with Crippen LogP contribution < -0.4 is 5.32 Å². The maximum Gasteiger partial charge on any atom is 0.0983 e. The highest BCUT2D eigenvalue weighted by molar-refractivity contribution is 7.09. The summed E-state index contributed by atoms with van der Waals surface area (Å²) in [5.74, 6) is 0.560. The maximum absolute atomic E-state index is 5.40. The van der Waals surface area contributed by atoms with Crippen LogP contribution in [0.1, 0.15) is 41.9 Å². The third-order valence-electron chi connectivity index (χ3n) is 3.24. The third-order valence-corrected chi connectivity index (χ3v) is 4.26. The molecule has 2 atom stereocenters.